The third-order valence-electron chi connectivity index (χ3n) is 6.04. The van der Waals surface area contributed by atoms with Crippen LogP contribution in [0.25, 0.3) is 5.69 Å². The lowest BCUT2D eigenvalue weighted by atomic mass is 10.1. The lowest BCUT2D eigenvalue weighted by Gasteiger charge is -2.28. The number of nitrogens with zero attached hydrogens (tertiary/aromatic N) is 4. The molecule has 1 fully saturated rings. The molecular weight excluding hydrogens is 433 g/mol. The predicted molar refractivity (Wildman–Crippen MR) is 117 cm³/mol. The van der Waals surface area contributed by atoms with E-state index in [2.05, 4.69) is 20.8 Å². The van der Waals surface area contributed by atoms with E-state index in [0.29, 0.717) is 29.9 Å². The van der Waals surface area contributed by atoms with Crippen LogP contribution in [0.5, 0.6) is 0 Å². The first-order valence-electron chi connectivity index (χ1n) is 10.3. The normalized spacial score (nSPS) is 15.6. The Balaban J connectivity index is 1.74. The fourth-order valence-corrected chi connectivity index (χ4v) is 6.59. The minimum Gasteiger partial charge on any atom is -0.322 e. The zero-order chi connectivity index (χ0) is 23.1. The molecule has 1 aliphatic rings. The van der Waals surface area contributed by atoms with Crippen LogP contribution in [-0.4, -0.2) is 39.3 Å². The van der Waals surface area contributed by atoms with E-state index < -0.39 is 26.3 Å². The molecule has 0 aliphatic heterocycles. The molecule has 168 valence electrons. The number of sulfone groups is 1. The topological polar surface area (TPSA) is 107 Å². The average Bonchev–Trinajstić information content (AvgIpc) is 3.41. The second-order valence-electron chi connectivity index (χ2n) is 8.23. The number of nitrogens with one attached hydrogen (secondary N) is 1. The number of hydrogen-bond acceptors (Lipinski definition) is 6. The Morgan fingerprint density at radius 3 is 2.47 bits per heavy atom. The fourth-order valence-electron chi connectivity index (χ4n) is 4.22. The molecule has 2 aromatic carbocycles. The van der Waals surface area contributed by atoms with E-state index in [1.807, 2.05) is 13.0 Å². The van der Waals surface area contributed by atoms with Crippen molar-refractivity contribution in [2.75, 3.05) is 5.32 Å². The second kappa shape index (κ2) is 8.09. The summed E-state index contributed by atoms with van der Waals surface area (Å²) in [5, 5.41) is 13.8. The highest BCUT2D eigenvalue weighted by molar-refractivity contribution is 7.93. The van der Waals surface area contributed by atoms with Crippen molar-refractivity contribution in [3.05, 3.63) is 59.2 Å². The Morgan fingerprint density at radius 1 is 1.09 bits per heavy atom. The van der Waals surface area contributed by atoms with Gasteiger partial charge in [0.2, 0.25) is 5.91 Å². The van der Waals surface area contributed by atoms with E-state index in [1.54, 1.807) is 26.0 Å². The molecule has 10 heteroatoms. The Labute approximate surface area is 185 Å². The number of aromatic nitrogens is 4. The zero-order valence-corrected chi connectivity index (χ0v) is 18.9. The highest BCUT2D eigenvalue weighted by Gasteiger charge is 2.53. The van der Waals surface area contributed by atoms with Gasteiger partial charge in [-0.25, -0.2) is 12.8 Å². The largest absolute Gasteiger partial charge is 0.322 e. The van der Waals surface area contributed by atoms with Gasteiger partial charge in [0.15, 0.2) is 20.4 Å². The van der Waals surface area contributed by atoms with Crippen LogP contribution in [0.4, 0.5) is 10.1 Å². The van der Waals surface area contributed by atoms with Crippen molar-refractivity contribution in [3.8, 4) is 5.69 Å². The van der Waals surface area contributed by atoms with Gasteiger partial charge < -0.3 is 5.32 Å². The monoisotopic (exact) mass is 457 g/mol. The molecule has 0 saturated heterocycles. The Bertz CT molecular complexity index is 1300. The first-order valence-corrected chi connectivity index (χ1v) is 11.8. The number of aryl methyl sites for hydroxylation is 3. The first kappa shape index (κ1) is 22.1. The van der Waals surface area contributed by atoms with Crippen LogP contribution in [0.15, 0.2) is 41.3 Å². The predicted octanol–water partition coefficient (Wildman–Crippen LogP) is 3.45. The SMILES string of the molecule is Cc1ccc(C)c(S(=O)(=O)C2(C(=O)Nc3cc(-n4nnnc4C)ccc3F)CCCC2)c1. The third-order valence-corrected chi connectivity index (χ3v) is 8.68. The highest BCUT2D eigenvalue weighted by atomic mass is 32.2. The second-order valence-corrected chi connectivity index (χ2v) is 10.5. The summed E-state index contributed by atoms with van der Waals surface area (Å²) in [7, 11) is -4.02. The number of halogens is 1. The molecule has 1 aliphatic carbocycles. The van der Waals surface area contributed by atoms with Crippen LogP contribution < -0.4 is 5.32 Å². The zero-order valence-electron chi connectivity index (χ0n) is 18.1. The molecule has 0 spiro atoms. The fraction of sp³-hybridized carbons (Fsp3) is 0.364. The molecule has 8 nitrogen and oxygen atoms in total. The van der Waals surface area contributed by atoms with Crippen LogP contribution >= 0.6 is 0 Å². The van der Waals surface area contributed by atoms with Gasteiger partial charge in [-0.3, -0.25) is 4.79 Å². The van der Waals surface area contributed by atoms with Gasteiger partial charge in [0.1, 0.15) is 5.82 Å². The van der Waals surface area contributed by atoms with E-state index in [-0.39, 0.29) is 23.4 Å². The molecule has 0 radical (unpaired) electrons. The maximum absolute atomic E-state index is 14.6. The Morgan fingerprint density at radius 2 is 1.81 bits per heavy atom. The highest BCUT2D eigenvalue weighted by Crippen LogP contribution is 2.42. The number of tetrazole rings is 1. The lowest BCUT2D eigenvalue weighted by molar-refractivity contribution is -0.118. The number of carbonyl (C=O) groups excluding carboxylic acids is 1. The minimum absolute atomic E-state index is 0.121. The van der Waals surface area contributed by atoms with Crippen LogP contribution in [0.3, 0.4) is 0 Å². The number of benzene rings is 2. The molecule has 1 heterocycles. The Kier molecular flexibility index (Phi) is 5.58. The molecule has 0 bridgehead atoms. The smallest absolute Gasteiger partial charge is 0.246 e. The molecule has 0 unspecified atom stereocenters. The quantitative estimate of drug-likeness (QED) is 0.629. The molecule has 1 saturated carbocycles. The molecule has 1 N–H and O–H groups in total. The maximum Gasteiger partial charge on any atom is 0.246 e. The van der Waals surface area contributed by atoms with Crippen molar-refractivity contribution in [2.45, 2.75) is 56.1 Å². The van der Waals surface area contributed by atoms with E-state index in [1.165, 1.54) is 22.9 Å². The van der Waals surface area contributed by atoms with Crippen molar-refractivity contribution >= 4 is 21.4 Å². The van der Waals surface area contributed by atoms with Gasteiger partial charge in [-0.1, -0.05) is 25.0 Å². The number of amides is 1. The van der Waals surface area contributed by atoms with Gasteiger partial charge in [0, 0.05) is 0 Å². The first-order chi connectivity index (χ1) is 15.2. The summed E-state index contributed by atoms with van der Waals surface area (Å²) in [6.07, 6.45) is 1.57. The van der Waals surface area contributed by atoms with E-state index >= 15 is 0 Å². The van der Waals surface area contributed by atoms with E-state index in [0.717, 1.165) is 5.56 Å². The molecule has 32 heavy (non-hydrogen) atoms. The summed E-state index contributed by atoms with van der Waals surface area (Å²) in [6, 6.07) is 9.22. The standard InChI is InChI=1S/C22H24FN5O3S/c1-14-6-7-15(2)20(12-14)32(30,31)22(10-4-5-11-22)21(29)24-19-13-17(8-9-18(19)23)28-16(3)25-26-27-28/h6-9,12-13H,4-5,10-11H2,1-3H3,(H,24,29). The van der Waals surface area contributed by atoms with Crippen LogP contribution in [-0.2, 0) is 14.6 Å². The number of carbonyl (C=O) groups is 1. The van der Waals surface area contributed by atoms with Gasteiger partial charge in [-0.05, 0) is 79.4 Å². The van der Waals surface area contributed by atoms with Gasteiger partial charge in [-0.2, -0.15) is 4.68 Å². The van der Waals surface area contributed by atoms with Crippen molar-refractivity contribution in [3.63, 3.8) is 0 Å². The summed E-state index contributed by atoms with van der Waals surface area (Å²) in [5.41, 5.74) is 1.70. The summed E-state index contributed by atoms with van der Waals surface area (Å²) in [5.74, 6) is -0.913. The summed E-state index contributed by atoms with van der Waals surface area (Å²) < 4.78 is 41.9. The molecule has 1 aromatic heterocycles. The number of hydrogen-bond donors (Lipinski definition) is 1. The summed E-state index contributed by atoms with van der Waals surface area (Å²) >= 11 is 0. The lowest BCUT2D eigenvalue weighted by Crippen LogP contribution is -2.47. The third kappa shape index (κ3) is 3.58. The number of rotatable bonds is 5. The van der Waals surface area contributed by atoms with Crippen LogP contribution in [0.2, 0.25) is 0 Å². The van der Waals surface area contributed by atoms with Crippen LogP contribution in [0.1, 0.15) is 42.6 Å². The Hall–Kier alpha value is -3.14. The minimum atomic E-state index is -4.02. The van der Waals surface area contributed by atoms with Gasteiger partial charge in [0.25, 0.3) is 0 Å². The van der Waals surface area contributed by atoms with Gasteiger partial charge >= 0.3 is 0 Å². The molecule has 3 aromatic rings. The maximum atomic E-state index is 14.6. The van der Waals surface area contributed by atoms with Gasteiger partial charge in [0.05, 0.1) is 16.3 Å². The average molecular weight is 458 g/mol. The van der Waals surface area contributed by atoms with Crippen molar-refractivity contribution in [1.29, 1.82) is 0 Å². The summed E-state index contributed by atoms with van der Waals surface area (Å²) in [6.45, 7) is 5.21. The van der Waals surface area contributed by atoms with Crippen molar-refractivity contribution in [2.24, 2.45) is 0 Å². The summed E-state index contributed by atoms with van der Waals surface area (Å²) in [4.78, 5) is 13.6. The van der Waals surface area contributed by atoms with Crippen molar-refractivity contribution < 1.29 is 17.6 Å². The molecule has 1 amide bonds. The van der Waals surface area contributed by atoms with E-state index in [4.69, 9.17) is 0 Å². The molecular formula is C22H24FN5O3S. The number of anilines is 1. The van der Waals surface area contributed by atoms with E-state index in [9.17, 15) is 17.6 Å². The molecule has 0 atom stereocenters. The van der Waals surface area contributed by atoms with Gasteiger partial charge in [-0.15, -0.1) is 5.10 Å². The van der Waals surface area contributed by atoms with Crippen LogP contribution in [0, 0.1) is 26.6 Å². The van der Waals surface area contributed by atoms with Crippen molar-refractivity contribution in [1.82, 2.24) is 20.2 Å². The molecule has 4 rings (SSSR count).